The summed E-state index contributed by atoms with van der Waals surface area (Å²) in [6, 6.07) is 12.5. The van der Waals surface area contributed by atoms with Gasteiger partial charge >= 0.3 is 11.9 Å². The molecular weight excluding hydrogens is 469 g/mol. The number of imidazole rings is 1. The quantitative estimate of drug-likeness (QED) is 0.374. The monoisotopic (exact) mass is 496 g/mol. The summed E-state index contributed by atoms with van der Waals surface area (Å²) >= 11 is 0. The highest BCUT2D eigenvalue weighted by molar-refractivity contribution is 5.83. The molecule has 0 radical (unpaired) electrons. The molecule has 1 unspecified atom stereocenters. The lowest BCUT2D eigenvalue weighted by molar-refractivity contribution is -0.138. The molecular formula is C27H27F3N4O2. The Balaban J connectivity index is 1.61. The fraction of sp³-hybridized carbons (Fsp3) is 0.333. The first kappa shape index (κ1) is 24.0. The number of halogens is 3. The fourth-order valence-corrected chi connectivity index (χ4v) is 5.39. The smallest absolute Gasteiger partial charge is 0.416 e. The minimum Gasteiger partial charge on any atom is -0.494 e. The van der Waals surface area contributed by atoms with Crippen molar-refractivity contribution in [1.82, 2.24) is 14.1 Å². The molecule has 6 nitrogen and oxygen atoms in total. The van der Waals surface area contributed by atoms with Gasteiger partial charge in [-0.1, -0.05) is 24.3 Å². The Hall–Kier alpha value is -3.75. The molecule has 5 rings (SSSR count). The Morgan fingerprint density at radius 1 is 1.08 bits per heavy atom. The van der Waals surface area contributed by atoms with Crippen molar-refractivity contribution in [3.63, 3.8) is 0 Å². The summed E-state index contributed by atoms with van der Waals surface area (Å²) in [4.78, 5) is 20.5. The molecule has 1 atom stereocenters. The Kier molecular flexibility index (Phi) is 6.02. The Bertz CT molecular complexity index is 1470. The van der Waals surface area contributed by atoms with Gasteiger partial charge in [0.2, 0.25) is 0 Å². The zero-order chi connectivity index (χ0) is 25.6. The zero-order valence-corrected chi connectivity index (χ0v) is 20.3. The van der Waals surface area contributed by atoms with Crippen LogP contribution >= 0.6 is 0 Å². The van der Waals surface area contributed by atoms with E-state index in [0.717, 1.165) is 36.0 Å². The molecule has 36 heavy (non-hydrogen) atoms. The molecule has 0 amide bonds. The van der Waals surface area contributed by atoms with E-state index in [4.69, 9.17) is 4.74 Å². The zero-order valence-electron chi connectivity index (χ0n) is 20.3. The van der Waals surface area contributed by atoms with Crippen LogP contribution in [0.15, 0.2) is 59.5 Å². The predicted octanol–water partition coefficient (Wildman–Crippen LogP) is 5.34. The molecule has 1 aliphatic rings. The molecule has 0 saturated carbocycles. The average Bonchev–Trinajstić information content (AvgIpc) is 3.41. The van der Waals surface area contributed by atoms with Crippen molar-refractivity contribution < 1.29 is 17.9 Å². The highest BCUT2D eigenvalue weighted by Gasteiger charge is 2.34. The van der Waals surface area contributed by atoms with Crippen molar-refractivity contribution in [2.45, 2.75) is 39.0 Å². The number of fused-ring (bicyclic) bond motifs is 1. The van der Waals surface area contributed by atoms with Gasteiger partial charge in [-0.2, -0.15) is 13.2 Å². The average molecular weight is 497 g/mol. The number of methoxy groups -OCH3 is 1. The molecule has 0 aliphatic carbocycles. The normalized spacial score (nSPS) is 16.2. The van der Waals surface area contributed by atoms with Crippen LogP contribution in [0.3, 0.4) is 0 Å². The number of para-hydroxylation sites is 1. The van der Waals surface area contributed by atoms with Crippen LogP contribution in [0, 0.1) is 13.8 Å². The Morgan fingerprint density at radius 3 is 2.58 bits per heavy atom. The third kappa shape index (κ3) is 4.02. The minimum atomic E-state index is -4.52. The minimum absolute atomic E-state index is 0.0340. The van der Waals surface area contributed by atoms with Gasteiger partial charge in [-0.05, 0) is 55.7 Å². The molecule has 0 N–H and O–H groups in total. The fourth-order valence-electron chi connectivity index (χ4n) is 5.39. The molecule has 1 aliphatic heterocycles. The molecule has 2 aromatic carbocycles. The van der Waals surface area contributed by atoms with Crippen LogP contribution in [0.2, 0.25) is 0 Å². The second kappa shape index (κ2) is 9.04. The van der Waals surface area contributed by atoms with Crippen LogP contribution < -0.4 is 15.3 Å². The molecule has 2 aromatic heterocycles. The van der Waals surface area contributed by atoms with Crippen LogP contribution in [-0.2, 0) is 12.7 Å². The van der Waals surface area contributed by atoms with Gasteiger partial charge in [0.05, 0.1) is 42.2 Å². The molecule has 0 spiro atoms. The first-order chi connectivity index (χ1) is 17.2. The number of benzene rings is 2. The van der Waals surface area contributed by atoms with E-state index in [1.807, 2.05) is 26.0 Å². The van der Waals surface area contributed by atoms with E-state index in [9.17, 15) is 18.0 Å². The van der Waals surface area contributed by atoms with Crippen molar-refractivity contribution in [2.75, 3.05) is 25.1 Å². The molecule has 1 saturated heterocycles. The van der Waals surface area contributed by atoms with Gasteiger partial charge in [-0.3, -0.25) is 14.1 Å². The summed E-state index contributed by atoms with van der Waals surface area (Å²) in [6.07, 6.45) is -2.01. The van der Waals surface area contributed by atoms with Gasteiger partial charge in [-0.25, -0.2) is 4.79 Å². The van der Waals surface area contributed by atoms with Crippen LogP contribution in [-0.4, -0.2) is 34.3 Å². The Morgan fingerprint density at radius 2 is 1.86 bits per heavy atom. The van der Waals surface area contributed by atoms with Gasteiger partial charge in [0.25, 0.3) is 0 Å². The molecule has 3 heterocycles. The van der Waals surface area contributed by atoms with E-state index in [-0.39, 0.29) is 23.8 Å². The maximum absolute atomic E-state index is 13.8. The van der Waals surface area contributed by atoms with Gasteiger partial charge in [0, 0.05) is 19.3 Å². The highest BCUT2D eigenvalue weighted by atomic mass is 19.4. The highest BCUT2D eigenvalue weighted by Crippen LogP contribution is 2.35. The third-order valence-corrected chi connectivity index (χ3v) is 6.97. The van der Waals surface area contributed by atoms with Crippen molar-refractivity contribution >= 4 is 16.7 Å². The topological polar surface area (TPSA) is 52.3 Å². The number of pyridine rings is 1. The number of aryl methyl sites for hydroxylation is 2. The van der Waals surface area contributed by atoms with E-state index in [0.29, 0.717) is 23.3 Å². The van der Waals surface area contributed by atoms with Gasteiger partial charge < -0.3 is 9.64 Å². The van der Waals surface area contributed by atoms with E-state index < -0.39 is 11.7 Å². The summed E-state index contributed by atoms with van der Waals surface area (Å²) in [6.45, 7) is 5.14. The van der Waals surface area contributed by atoms with Crippen molar-refractivity contribution in [3.05, 3.63) is 87.6 Å². The number of aromatic nitrogens is 3. The van der Waals surface area contributed by atoms with Crippen LogP contribution in [0.25, 0.3) is 11.0 Å². The summed E-state index contributed by atoms with van der Waals surface area (Å²) < 4.78 is 49.8. The summed E-state index contributed by atoms with van der Waals surface area (Å²) in [5.74, 6) is 0.446. The standard InChI is InChI=1S/C27H27F3N4O2/c1-17-11-13-31-18(2)24(17)32-14-12-20(16-32)34-22-9-6-10-23(36-3)25(22)33(26(34)35)15-19-7-4-5-8-21(19)27(28,29)30/h4-11,13,20H,12,14-16H2,1-3H3. The molecule has 4 aromatic rings. The first-order valence-corrected chi connectivity index (χ1v) is 11.8. The Labute approximate surface area is 206 Å². The van der Waals surface area contributed by atoms with Gasteiger partial charge in [0.15, 0.2) is 0 Å². The summed E-state index contributed by atoms with van der Waals surface area (Å²) in [5.41, 5.74) is 3.18. The lowest BCUT2D eigenvalue weighted by atomic mass is 10.1. The van der Waals surface area contributed by atoms with E-state index >= 15 is 0 Å². The van der Waals surface area contributed by atoms with Gasteiger partial charge in [-0.15, -0.1) is 0 Å². The number of nitrogens with zero attached hydrogens (tertiary/aromatic N) is 4. The van der Waals surface area contributed by atoms with Crippen LogP contribution in [0.4, 0.5) is 18.9 Å². The number of ether oxygens (including phenoxy) is 1. The van der Waals surface area contributed by atoms with Crippen molar-refractivity contribution in [1.29, 1.82) is 0 Å². The number of hydrogen-bond acceptors (Lipinski definition) is 4. The second-order valence-corrected chi connectivity index (χ2v) is 9.17. The third-order valence-electron chi connectivity index (χ3n) is 6.97. The van der Waals surface area contributed by atoms with Gasteiger partial charge in [0.1, 0.15) is 11.3 Å². The summed E-state index contributed by atoms with van der Waals surface area (Å²) in [5, 5.41) is 0. The van der Waals surface area contributed by atoms with Crippen LogP contribution in [0.5, 0.6) is 5.75 Å². The lowest BCUT2D eigenvalue weighted by Gasteiger charge is -2.22. The van der Waals surface area contributed by atoms with E-state index in [2.05, 4.69) is 9.88 Å². The van der Waals surface area contributed by atoms with Crippen LogP contribution in [0.1, 0.15) is 34.8 Å². The largest absolute Gasteiger partial charge is 0.494 e. The van der Waals surface area contributed by atoms with Crippen molar-refractivity contribution in [3.8, 4) is 5.75 Å². The van der Waals surface area contributed by atoms with E-state index in [1.54, 1.807) is 29.0 Å². The maximum Gasteiger partial charge on any atom is 0.416 e. The number of anilines is 1. The molecule has 1 fully saturated rings. The molecule has 188 valence electrons. The number of alkyl halides is 3. The molecule has 9 heteroatoms. The first-order valence-electron chi connectivity index (χ1n) is 11.8. The maximum atomic E-state index is 13.8. The predicted molar refractivity (Wildman–Crippen MR) is 133 cm³/mol. The second-order valence-electron chi connectivity index (χ2n) is 9.17. The number of rotatable bonds is 5. The molecule has 0 bridgehead atoms. The summed E-state index contributed by atoms with van der Waals surface area (Å²) in [7, 11) is 1.50. The van der Waals surface area contributed by atoms with E-state index in [1.165, 1.54) is 23.8 Å². The number of hydrogen-bond donors (Lipinski definition) is 0. The lowest BCUT2D eigenvalue weighted by Crippen LogP contribution is -2.30. The SMILES string of the molecule is COc1cccc2c1n(Cc1ccccc1C(F)(F)F)c(=O)n2C1CCN(c2c(C)ccnc2C)C1. The van der Waals surface area contributed by atoms with Crippen molar-refractivity contribution in [2.24, 2.45) is 0 Å².